The number of carbonyl (C=O) groups excluding carboxylic acids is 1. The van der Waals surface area contributed by atoms with Crippen LogP contribution in [0.25, 0.3) is 22.8 Å². The molecule has 0 aliphatic carbocycles. The molecule has 3 aromatic rings. The van der Waals surface area contributed by atoms with Crippen LogP contribution in [0.15, 0.2) is 32.1 Å². The maximum absolute atomic E-state index is 10.6. The minimum atomic E-state index is 0.114. The summed E-state index contributed by atoms with van der Waals surface area (Å²) in [7, 11) is 0. The first-order chi connectivity index (χ1) is 7.38. The maximum Gasteiger partial charge on any atom is 0.265 e. The van der Waals surface area contributed by atoms with Gasteiger partial charge in [-0.25, -0.2) is 9.97 Å². The molecule has 3 aromatic heterocycles. The fraction of sp³-hybridized carbons (Fsp3) is 0. The van der Waals surface area contributed by atoms with Crippen molar-refractivity contribution < 1.29 is 18.0 Å². The van der Waals surface area contributed by atoms with Crippen molar-refractivity contribution in [1.29, 1.82) is 0 Å². The Balaban J connectivity index is 2.23. The van der Waals surface area contributed by atoms with Crippen molar-refractivity contribution in [3.63, 3.8) is 0 Å². The Kier molecular flexibility index (Phi) is 1.49. The van der Waals surface area contributed by atoms with Gasteiger partial charge in [0.25, 0.3) is 5.89 Å². The van der Waals surface area contributed by atoms with Gasteiger partial charge in [-0.2, -0.15) is 0 Å². The van der Waals surface area contributed by atoms with Crippen LogP contribution in [-0.2, 0) is 0 Å². The maximum atomic E-state index is 10.6. The molecule has 3 heterocycles. The predicted molar refractivity (Wildman–Crippen MR) is 47.2 cm³/mol. The van der Waals surface area contributed by atoms with Crippen molar-refractivity contribution in [2.24, 2.45) is 0 Å². The second kappa shape index (κ2) is 2.81. The van der Waals surface area contributed by atoms with Gasteiger partial charge in [-0.05, 0) is 0 Å². The zero-order valence-corrected chi connectivity index (χ0v) is 7.34. The first-order valence-corrected chi connectivity index (χ1v) is 4.10. The Morgan fingerprint density at radius 2 is 2.27 bits per heavy atom. The summed E-state index contributed by atoms with van der Waals surface area (Å²) in [6.45, 7) is 0. The SMILES string of the molecule is O=Cc1occ2nc(-c3cnco3)oc12. The van der Waals surface area contributed by atoms with E-state index in [1.807, 2.05) is 0 Å². The number of hydrogen-bond donors (Lipinski definition) is 0. The van der Waals surface area contributed by atoms with Crippen LogP contribution in [0.1, 0.15) is 10.6 Å². The van der Waals surface area contributed by atoms with Gasteiger partial charge >= 0.3 is 0 Å². The van der Waals surface area contributed by atoms with E-state index in [9.17, 15) is 4.79 Å². The molecule has 0 spiro atoms. The normalized spacial score (nSPS) is 10.9. The molecule has 6 heteroatoms. The number of rotatable bonds is 2. The highest BCUT2D eigenvalue weighted by Crippen LogP contribution is 2.26. The fourth-order valence-electron chi connectivity index (χ4n) is 1.27. The molecular weight excluding hydrogens is 200 g/mol. The van der Waals surface area contributed by atoms with E-state index >= 15 is 0 Å². The van der Waals surface area contributed by atoms with Crippen LogP contribution in [0, 0.1) is 0 Å². The number of hydrogen-bond acceptors (Lipinski definition) is 6. The van der Waals surface area contributed by atoms with E-state index in [0.717, 1.165) is 0 Å². The summed E-state index contributed by atoms with van der Waals surface area (Å²) in [6.07, 6.45) is 4.66. The molecule has 3 rings (SSSR count). The summed E-state index contributed by atoms with van der Waals surface area (Å²) < 4.78 is 15.2. The summed E-state index contributed by atoms with van der Waals surface area (Å²) in [4.78, 5) is 18.4. The zero-order chi connectivity index (χ0) is 10.3. The van der Waals surface area contributed by atoms with Gasteiger partial charge in [0.15, 0.2) is 12.7 Å². The summed E-state index contributed by atoms with van der Waals surface area (Å²) in [6, 6.07) is 0. The molecule has 6 nitrogen and oxygen atoms in total. The Hall–Kier alpha value is -2.37. The van der Waals surface area contributed by atoms with Crippen molar-refractivity contribution in [3.05, 3.63) is 24.6 Å². The lowest BCUT2D eigenvalue weighted by Gasteiger charge is -1.84. The lowest BCUT2D eigenvalue weighted by atomic mass is 10.4. The Bertz CT molecular complexity index is 605. The second-order valence-corrected chi connectivity index (χ2v) is 2.82. The van der Waals surface area contributed by atoms with Crippen molar-refractivity contribution in [3.8, 4) is 11.7 Å². The van der Waals surface area contributed by atoms with E-state index < -0.39 is 0 Å². The van der Waals surface area contributed by atoms with Crippen LogP contribution >= 0.6 is 0 Å². The number of aldehydes is 1. The molecule has 0 aliphatic heterocycles. The molecule has 0 atom stereocenters. The van der Waals surface area contributed by atoms with Gasteiger partial charge < -0.3 is 13.3 Å². The lowest BCUT2D eigenvalue weighted by molar-refractivity contribution is 0.110. The number of aromatic nitrogens is 2. The van der Waals surface area contributed by atoms with E-state index in [0.29, 0.717) is 23.1 Å². The zero-order valence-electron chi connectivity index (χ0n) is 7.34. The van der Waals surface area contributed by atoms with Crippen molar-refractivity contribution in [1.82, 2.24) is 9.97 Å². The van der Waals surface area contributed by atoms with Gasteiger partial charge in [0.1, 0.15) is 11.8 Å². The summed E-state index contributed by atoms with van der Waals surface area (Å²) in [5.41, 5.74) is 0.792. The number of nitrogens with zero attached hydrogens (tertiary/aromatic N) is 2. The average molecular weight is 204 g/mol. The molecule has 74 valence electrons. The van der Waals surface area contributed by atoms with E-state index in [1.165, 1.54) is 18.9 Å². The smallest absolute Gasteiger partial charge is 0.265 e. The van der Waals surface area contributed by atoms with Crippen LogP contribution < -0.4 is 0 Å². The van der Waals surface area contributed by atoms with Crippen molar-refractivity contribution in [2.45, 2.75) is 0 Å². The summed E-state index contributed by atoms with van der Waals surface area (Å²) in [5.74, 6) is 0.794. The molecule has 0 N–H and O–H groups in total. The Morgan fingerprint density at radius 3 is 3.00 bits per heavy atom. The van der Waals surface area contributed by atoms with Gasteiger partial charge in [-0.1, -0.05) is 0 Å². The average Bonchev–Trinajstić information content (AvgIpc) is 2.93. The molecule has 0 bridgehead atoms. The predicted octanol–water partition coefficient (Wildman–Crippen LogP) is 1.89. The molecule has 0 aromatic carbocycles. The Morgan fingerprint density at radius 1 is 1.33 bits per heavy atom. The van der Waals surface area contributed by atoms with Gasteiger partial charge in [0, 0.05) is 0 Å². The molecule has 0 unspecified atom stereocenters. The van der Waals surface area contributed by atoms with Crippen LogP contribution in [0.5, 0.6) is 0 Å². The number of carbonyl (C=O) groups is 1. The van der Waals surface area contributed by atoms with Crippen LogP contribution in [0.2, 0.25) is 0 Å². The van der Waals surface area contributed by atoms with Gasteiger partial charge in [-0.3, -0.25) is 4.79 Å². The molecule has 15 heavy (non-hydrogen) atoms. The molecule has 0 amide bonds. The lowest BCUT2D eigenvalue weighted by Crippen LogP contribution is -1.72. The first kappa shape index (κ1) is 7.98. The molecule has 0 saturated heterocycles. The minimum absolute atomic E-state index is 0.114. The van der Waals surface area contributed by atoms with Crippen molar-refractivity contribution in [2.75, 3.05) is 0 Å². The van der Waals surface area contributed by atoms with Crippen LogP contribution in [0.3, 0.4) is 0 Å². The van der Waals surface area contributed by atoms with Crippen LogP contribution in [-0.4, -0.2) is 16.3 Å². The van der Waals surface area contributed by atoms with E-state index in [-0.39, 0.29) is 11.7 Å². The van der Waals surface area contributed by atoms with Gasteiger partial charge in [0.2, 0.25) is 17.1 Å². The number of fused-ring (bicyclic) bond motifs is 1. The third-order valence-electron chi connectivity index (χ3n) is 1.92. The molecule has 0 fully saturated rings. The third kappa shape index (κ3) is 1.08. The van der Waals surface area contributed by atoms with E-state index in [1.54, 1.807) is 0 Å². The molecule has 0 aliphatic rings. The molecule has 0 saturated carbocycles. The van der Waals surface area contributed by atoms with Crippen molar-refractivity contribution >= 4 is 17.4 Å². The topological polar surface area (TPSA) is 82.3 Å². The minimum Gasteiger partial charge on any atom is -0.455 e. The highest BCUT2D eigenvalue weighted by atomic mass is 16.4. The second-order valence-electron chi connectivity index (χ2n) is 2.82. The number of furan rings is 1. The van der Waals surface area contributed by atoms with Gasteiger partial charge in [-0.15, -0.1) is 0 Å². The summed E-state index contributed by atoms with van der Waals surface area (Å²) in [5, 5.41) is 0. The van der Waals surface area contributed by atoms with Gasteiger partial charge in [0.05, 0.1) is 6.20 Å². The molecule has 0 radical (unpaired) electrons. The Labute approximate surface area is 82.5 Å². The highest BCUT2D eigenvalue weighted by Gasteiger charge is 2.16. The van der Waals surface area contributed by atoms with Crippen LogP contribution in [0.4, 0.5) is 0 Å². The quantitative estimate of drug-likeness (QED) is 0.592. The summed E-state index contributed by atoms with van der Waals surface area (Å²) >= 11 is 0. The largest absolute Gasteiger partial charge is 0.455 e. The standard InChI is InChI=1S/C9H4N2O4/c12-2-7-8-5(3-13-7)11-9(15-8)6-1-10-4-14-6/h1-4H. The van der Waals surface area contributed by atoms with E-state index in [4.69, 9.17) is 13.3 Å². The highest BCUT2D eigenvalue weighted by molar-refractivity contribution is 5.90. The third-order valence-corrected chi connectivity index (χ3v) is 1.92. The number of oxazole rings is 2. The fourth-order valence-corrected chi connectivity index (χ4v) is 1.27. The first-order valence-electron chi connectivity index (χ1n) is 4.10. The molecular formula is C9H4N2O4. The van der Waals surface area contributed by atoms with E-state index in [2.05, 4.69) is 9.97 Å². The monoisotopic (exact) mass is 204 g/mol.